The fourth-order valence-electron chi connectivity index (χ4n) is 10.9. The predicted molar refractivity (Wildman–Crippen MR) is 261 cm³/mol. The van der Waals surface area contributed by atoms with Gasteiger partial charge in [-0.25, -0.2) is 0 Å². The van der Waals surface area contributed by atoms with Crippen molar-refractivity contribution < 1.29 is 4.42 Å². The highest BCUT2D eigenvalue weighted by molar-refractivity contribution is 6.09. The van der Waals surface area contributed by atoms with Crippen LogP contribution in [-0.4, -0.2) is 0 Å². The Labute approximate surface area is 366 Å². The quantitative estimate of drug-likeness (QED) is 0.172. The van der Waals surface area contributed by atoms with Crippen LogP contribution < -0.4 is 4.90 Å². The van der Waals surface area contributed by atoms with Crippen LogP contribution in [0.5, 0.6) is 0 Å². The third-order valence-electron chi connectivity index (χ3n) is 14.0. The summed E-state index contributed by atoms with van der Waals surface area (Å²) in [6.45, 7) is 18.6. The molecule has 0 saturated carbocycles. The van der Waals surface area contributed by atoms with Gasteiger partial charge in [-0.05, 0) is 126 Å². The van der Waals surface area contributed by atoms with Gasteiger partial charge in [0.2, 0.25) is 0 Å². The van der Waals surface area contributed by atoms with E-state index < -0.39 is 5.41 Å². The number of nitrogens with zero attached hydrogens (tertiary/aromatic N) is 1. The van der Waals surface area contributed by atoms with Gasteiger partial charge in [0.1, 0.15) is 11.2 Å². The molecule has 11 rings (SSSR count). The molecular formula is C60H53NO. The van der Waals surface area contributed by atoms with Crippen LogP contribution in [0, 0.1) is 0 Å². The molecule has 1 heterocycles. The van der Waals surface area contributed by atoms with Gasteiger partial charge < -0.3 is 9.32 Å². The third kappa shape index (κ3) is 5.55. The Morgan fingerprint density at radius 3 is 1.63 bits per heavy atom. The predicted octanol–water partition coefficient (Wildman–Crippen LogP) is 16.3. The Hall–Kier alpha value is -6.64. The van der Waals surface area contributed by atoms with Crippen LogP contribution in [0.1, 0.15) is 99.9 Å². The molecule has 0 radical (unpaired) electrons. The summed E-state index contributed by atoms with van der Waals surface area (Å²) in [6, 6.07) is 66.0. The fraction of sp³-hybridized carbons (Fsp3) is 0.200. The van der Waals surface area contributed by atoms with Crippen molar-refractivity contribution >= 4 is 39.0 Å². The third-order valence-corrected chi connectivity index (χ3v) is 14.0. The molecular weight excluding hydrogens is 751 g/mol. The van der Waals surface area contributed by atoms with Crippen molar-refractivity contribution in [3.63, 3.8) is 0 Å². The number of furan rings is 1. The summed E-state index contributed by atoms with van der Waals surface area (Å²) in [6.07, 6.45) is 0. The summed E-state index contributed by atoms with van der Waals surface area (Å²) in [7, 11) is 0. The second-order valence-corrected chi connectivity index (χ2v) is 20.2. The smallest absolute Gasteiger partial charge is 0.136 e. The Balaban J connectivity index is 1.18. The number of rotatable bonds is 5. The van der Waals surface area contributed by atoms with E-state index in [1.807, 2.05) is 0 Å². The zero-order valence-corrected chi connectivity index (χ0v) is 37.1. The standard InChI is InChI=1S/C60H53NO/c1-57(2,3)40-34-53(58(4,5)6)56-48-36-42(30-32-54(48)62-55(56)35-40)61(43-29-31-47-44-23-12-15-26-49(44)59(7,8)52(47)37-43)41-22-18-21-39(33-41)60(38-19-10-9-11-20-38)50-27-16-13-24-45(50)46-25-14-17-28-51(46)60/h9-37H,1-8H3. The topological polar surface area (TPSA) is 16.4 Å². The van der Waals surface area contributed by atoms with Crippen molar-refractivity contribution in [3.05, 3.63) is 220 Å². The first kappa shape index (κ1) is 38.3. The molecule has 0 bridgehead atoms. The molecule has 0 atom stereocenters. The Morgan fingerprint density at radius 2 is 0.968 bits per heavy atom. The minimum atomic E-state index is -0.519. The molecule has 2 aliphatic carbocycles. The lowest BCUT2D eigenvalue weighted by molar-refractivity contribution is 0.569. The molecule has 0 amide bonds. The van der Waals surface area contributed by atoms with Crippen molar-refractivity contribution in [2.45, 2.75) is 77.0 Å². The second-order valence-electron chi connectivity index (χ2n) is 20.2. The average molecular weight is 804 g/mol. The monoisotopic (exact) mass is 803 g/mol. The van der Waals surface area contributed by atoms with Crippen LogP contribution in [0.3, 0.4) is 0 Å². The lowest BCUT2D eigenvalue weighted by Gasteiger charge is -2.35. The van der Waals surface area contributed by atoms with E-state index >= 15 is 0 Å². The largest absolute Gasteiger partial charge is 0.456 e. The summed E-state index contributed by atoms with van der Waals surface area (Å²) in [5, 5.41) is 2.33. The molecule has 2 heteroatoms. The highest BCUT2D eigenvalue weighted by Crippen LogP contribution is 2.57. The van der Waals surface area contributed by atoms with E-state index in [9.17, 15) is 0 Å². The zero-order valence-electron chi connectivity index (χ0n) is 37.1. The molecule has 62 heavy (non-hydrogen) atoms. The van der Waals surface area contributed by atoms with Gasteiger partial charge >= 0.3 is 0 Å². The van der Waals surface area contributed by atoms with E-state index in [0.717, 1.165) is 33.6 Å². The van der Waals surface area contributed by atoms with Crippen molar-refractivity contribution in [1.82, 2.24) is 0 Å². The molecule has 9 aromatic rings. The van der Waals surface area contributed by atoms with Gasteiger partial charge in [-0.3, -0.25) is 0 Å². The SMILES string of the molecule is CC(C)(C)c1cc(C(C)(C)C)c2c(c1)oc1ccc(N(c3cccc(C4(c5ccccc5)c5ccccc5-c5ccccc54)c3)c3ccc4c(c3)C(C)(C)c3ccccc3-4)cc12. The molecule has 0 N–H and O–H groups in total. The van der Waals surface area contributed by atoms with Gasteiger partial charge in [0, 0.05) is 33.2 Å². The van der Waals surface area contributed by atoms with E-state index in [-0.39, 0.29) is 16.2 Å². The minimum absolute atomic E-state index is 0.0153. The number of hydrogen-bond acceptors (Lipinski definition) is 2. The van der Waals surface area contributed by atoms with Crippen molar-refractivity contribution in [2.75, 3.05) is 4.90 Å². The maximum absolute atomic E-state index is 6.79. The van der Waals surface area contributed by atoms with Crippen LogP contribution in [-0.2, 0) is 21.7 Å². The summed E-state index contributed by atoms with van der Waals surface area (Å²) < 4.78 is 6.79. The fourth-order valence-corrected chi connectivity index (χ4v) is 10.9. The maximum atomic E-state index is 6.79. The van der Waals surface area contributed by atoms with Gasteiger partial charge in [-0.1, -0.05) is 183 Å². The Morgan fingerprint density at radius 1 is 0.419 bits per heavy atom. The van der Waals surface area contributed by atoms with Crippen molar-refractivity contribution in [2.24, 2.45) is 0 Å². The maximum Gasteiger partial charge on any atom is 0.136 e. The average Bonchev–Trinajstić information content (AvgIpc) is 3.87. The molecule has 304 valence electrons. The molecule has 2 nitrogen and oxygen atoms in total. The summed E-state index contributed by atoms with van der Waals surface area (Å²) >= 11 is 0. The van der Waals surface area contributed by atoms with Gasteiger partial charge in [-0.2, -0.15) is 0 Å². The highest BCUT2D eigenvalue weighted by atomic mass is 16.3. The molecule has 0 aliphatic heterocycles. The normalized spacial score (nSPS) is 14.7. The van der Waals surface area contributed by atoms with Crippen LogP contribution in [0.15, 0.2) is 180 Å². The molecule has 0 spiro atoms. The molecule has 8 aromatic carbocycles. The summed E-state index contributed by atoms with van der Waals surface area (Å²) in [5.74, 6) is 0. The van der Waals surface area contributed by atoms with Gasteiger partial charge in [0.25, 0.3) is 0 Å². The van der Waals surface area contributed by atoms with E-state index in [4.69, 9.17) is 4.42 Å². The van der Waals surface area contributed by atoms with Crippen LogP contribution >= 0.6 is 0 Å². The Bertz CT molecular complexity index is 3190. The van der Waals surface area contributed by atoms with E-state index in [0.29, 0.717) is 0 Å². The Kier molecular flexibility index (Phi) is 8.29. The minimum Gasteiger partial charge on any atom is -0.456 e. The van der Waals surface area contributed by atoms with Gasteiger partial charge in [0.15, 0.2) is 0 Å². The zero-order chi connectivity index (χ0) is 42.8. The lowest BCUT2D eigenvalue weighted by Crippen LogP contribution is -2.28. The number of hydrogen-bond donors (Lipinski definition) is 0. The summed E-state index contributed by atoms with van der Waals surface area (Å²) in [4.78, 5) is 2.48. The van der Waals surface area contributed by atoms with E-state index in [1.165, 1.54) is 72.1 Å². The van der Waals surface area contributed by atoms with Gasteiger partial charge in [-0.15, -0.1) is 0 Å². The molecule has 1 aromatic heterocycles. The molecule has 0 fully saturated rings. The second kappa shape index (κ2) is 13.4. The number of fused-ring (bicyclic) bond motifs is 9. The van der Waals surface area contributed by atoms with E-state index in [2.05, 4.69) is 236 Å². The molecule has 2 aliphatic rings. The van der Waals surface area contributed by atoms with Crippen molar-refractivity contribution in [1.29, 1.82) is 0 Å². The number of anilines is 3. The van der Waals surface area contributed by atoms with Crippen molar-refractivity contribution in [3.8, 4) is 22.3 Å². The molecule has 0 saturated heterocycles. The highest BCUT2D eigenvalue weighted by Gasteiger charge is 2.46. The first-order valence-corrected chi connectivity index (χ1v) is 22.2. The number of benzene rings is 8. The summed E-state index contributed by atoms with van der Waals surface area (Å²) in [5.41, 5.74) is 20.0. The van der Waals surface area contributed by atoms with E-state index in [1.54, 1.807) is 0 Å². The van der Waals surface area contributed by atoms with Crippen LogP contribution in [0.4, 0.5) is 17.1 Å². The first-order valence-electron chi connectivity index (χ1n) is 22.2. The van der Waals surface area contributed by atoms with Crippen LogP contribution in [0.25, 0.3) is 44.2 Å². The molecule has 0 unspecified atom stereocenters. The lowest BCUT2D eigenvalue weighted by atomic mass is 9.67. The van der Waals surface area contributed by atoms with Crippen LogP contribution in [0.2, 0.25) is 0 Å². The van der Waals surface area contributed by atoms with Gasteiger partial charge in [0.05, 0.1) is 5.41 Å². The first-order chi connectivity index (χ1) is 29.8.